The molecule has 0 radical (unpaired) electrons. The number of likely N-dealkylation sites (N-methyl/N-ethyl adjacent to an activating group) is 1. The summed E-state index contributed by atoms with van der Waals surface area (Å²) in [5, 5.41) is 3.33. The first-order valence-electron chi connectivity index (χ1n) is 6.48. The second-order valence-electron chi connectivity index (χ2n) is 4.81. The SMILES string of the molecule is CNC1CCN(Cc2cc(OC)c(Br)cc2OC)C1. The van der Waals surface area contributed by atoms with E-state index >= 15 is 0 Å². The summed E-state index contributed by atoms with van der Waals surface area (Å²) >= 11 is 3.49. The van der Waals surface area contributed by atoms with Crippen LogP contribution in [0.2, 0.25) is 0 Å². The van der Waals surface area contributed by atoms with Crippen molar-refractivity contribution < 1.29 is 9.47 Å². The van der Waals surface area contributed by atoms with E-state index in [-0.39, 0.29) is 0 Å². The van der Waals surface area contributed by atoms with Crippen molar-refractivity contribution >= 4 is 15.9 Å². The van der Waals surface area contributed by atoms with Gasteiger partial charge in [0, 0.05) is 31.2 Å². The quantitative estimate of drug-likeness (QED) is 0.899. The van der Waals surface area contributed by atoms with Crippen molar-refractivity contribution in [3.8, 4) is 11.5 Å². The standard InChI is InChI=1S/C14H21BrN2O2/c1-16-11-4-5-17(9-11)8-10-6-14(19-3)12(15)7-13(10)18-2/h6-7,11,16H,4-5,8-9H2,1-3H3. The maximum atomic E-state index is 5.46. The number of hydrogen-bond donors (Lipinski definition) is 1. The molecule has 2 rings (SSSR count). The molecule has 4 nitrogen and oxygen atoms in total. The summed E-state index contributed by atoms with van der Waals surface area (Å²) in [5.41, 5.74) is 1.17. The van der Waals surface area contributed by atoms with Crippen molar-refractivity contribution in [2.75, 3.05) is 34.4 Å². The van der Waals surface area contributed by atoms with Crippen LogP contribution < -0.4 is 14.8 Å². The van der Waals surface area contributed by atoms with E-state index in [1.165, 1.54) is 12.0 Å². The van der Waals surface area contributed by atoms with E-state index in [9.17, 15) is 0 Å². The van der Waals surface area contributed by atoms with Crippen molar-refractivity contribution in [3.63, 3.8) is 0 Å². The summed E-state index contributed by atoms with van der Waals surface area (Å²) in [5.74, 6) is 1.75. The lowest BCUT2D eigenvalue weighted by molar-refractivity contribution is 0.312. The maximum Gasteiger partial charge on any atom is 0.133 e. The minimum atomic E-state index is 0.600. The Morgan fingerprint density at radius 1 is 1.32 bits per heavy atom. The fraction of sp³-hybridized carbons (Fsp3) is 0.571. The average molecular weight is 329 g/mol. The first kappa shape index (κ1) is 14.6. The molecular formula is C14H21BrN2O2. The van der Waals surface area contributed by atoms with Gasteiger partial charge in [-0.3, -0.25) is 4.90 Å². The van der Waals surface area contributed by atoms with Gasteiger partial charge in [0.05, 0.1) is 18.7 Å². The Labute approximate surface area is 123 Å². The van der Waals surface area contributed by atoms with E-state index in [0.29, 0.717) is 6.04 Å². The van der Waals surface area contributed by atoms with Gasteiger partial charge in [-0.05, 0) is 41.5 Å². The second kappa shape index (κ2) is 6.59. The van der Waals surface area contributed by atoms with E-state index in [2.05, 4.69) is 32.2 Å². The zero-order valence-electron chi connectivity index (χ0n) is 11.7. The number of nitrogens with one attached hydrogen (secondary N) is 1. The molecule has 0 saturated carbocycles. The van der Waals surface area contributed by atoms with Gasteiger partial charge in [-0.25, -0.2) is 0 Å². The number of hydrogen-bond acceptors (Lipinski definition) is 4. The number of nitrogens with zero attached hydrogens (tertiary/aromatic N) is 1. The van der Waals surface area contributed by atoms with Gasteiger partial charge in [0.1, 0.15) is 11.5 Å². The molecule has 0 spiro atoms. The van der Waals surface area contributed by atoms with Crippen LogP contribution in [0.4, 0.5) is 0 Å². The highest BCUT2D eigenvalue weighted by atomic mass is 79.9. The molecule has 0 aliphatic carbocycles. The van der Waals surface area contributed by atoms with Crippen molar-refractivity contribution in [1.82, 2.24) is 10.2 Å². The first-order chi connectivity index (χ1) is 9.17. The molecule has 106 valence electrons. The molecule has 1 atom stereocenters. The highest BCUT2D eigenvalue weighted by Crippen LogP contribution is 2.33. The molecule has 5 heteroatoms. The van der Waals surface area contributed by atoms with Gasteiger partial charge >= 0.3 is 0 Å². The van der Waals surface area contributed by atoms with E-state index in [0.717, 1.165) is 35.6 Å². The molecule has 1 aromatic carbocycles. The lowest BCUT2D eigenvalue weighted by Crippen LogP contribution is -2.29. The van der Waals surface area contributed by atoms with Crippen LogP contribution in [0.15, 0.2) is 16.6 Å². The number of ether oxygens (including phenoxy) is 2. The lowest BCUT2D eigenvalue weighted by atomic mass is 10.1. The van der Waals surface area contributed by atoms with Crippen LogP contribution in [-0.2, 0) is 6.54 Å². The van der Waals surface area contributed by atoms with E-state index < -0.39 is 0 Å². The summed E-state index contributed by atoms with van der Waals surface area (Å²) in [6.45, 7) is 3.09. The van der Waals surface area contributed by atoms with Gasteiger partial charge in [-0.15, -0.1) is 0 Å². The minimum absolute atomic E-state index is 0.600. The smallest absolute Gasteiger partial charge is 0.133 e. The fourth-order valence-corrected chi connectivity index (χ4v) is 2.98. The zero-order chi connectivity index (χ0) is 13.8. The third kappa shape index (κ3) is 3.41. The highest BCUT2D eigenvalue weighted by Gasteiger charge is 2.22. The summed E-state index contributed by atoms with van der Waals surface area (Å²) in [6, 6.07) is 4.62. The van der Waals surface area contributed by atoms with Crippen LogP contribution in [0.5, 0.6) is 11.5 Å². The maximum absolute atomic E-state index is 5.46. The van der Waals surface area contributed by atoms with Crippen molar-refractivity contribution in [2.24, 2.45) is 0 Å². The topological polar surface area (TPSA) is 33.7 Å². The fourth-order valence-electron chi connectivity index (χ4n) is 2.50. The molecule has 1 aromatic rings. The summed E-state index contributed by atoms with van der Waals surface area (Å²) in [4.78, 5) is 2.44. The highest BCUT2D eigenvalue weighted by molar-refractivity contribution is 9.10. The molecule has 1 saturated heterocycles. The Bertz CT molecular complexity index is 440. The first-order valence-corrected chi connectivity index (χ1v) is 7.27. The number of methoxy groups -OCH3 is 2. The number of likely N-dealkylation sites (tertiary alicyclic amines) is 1. The molecule has 1 N–H and O–H groups in total. The van der Waals surface area contributed by atoms with Gasteiger partial charge in [-0.1, -0.05) is 0 Å². The Balaban J connectivity index is 2.14. The van der Waals surface area contributed by atoms with Gasteiger partial charge in [0.25, 0.3) is 0 Å². The molecule has 1 unspecified atom stereocenters. The monoisotopic (exact) mass is 328 g/mol. The number of benzene rings is 1. The zero-order valence-corrected chi connectivity index (χ0v) is 13.3. The Hall–Kier alpha value is -0.780. The summed E-state index contributed by atoms with van der Waals surface area (Å²) in [7, 11) is 5.42. The van der Waals surface area contributed by atoms with Gasteiger partial charge in [-0.2, -0.15) is 0 Å². The Morgan fingerprint density at radius 2 is 2.05 bits per heavy atom. The molecule has 0 aromatic heterocycles. The molecule has 19 heavy (non-hydrogen) atoms. The molecule has 1 aliphatic heterocycles. The van der Waals surface area contributed by atoms with E-state index in [4.69, 9.17) is 9.47 Å². The Morgan fingerprint density at radius 3 is 2.63 bits per heavy atom. The number of rotatable bonds is 5. The Kier molecular flexibility index (Phi) is 5.07. The van der Waals surface area contributed by atoms with Crippen LogP contribution in [-0.4, -0.2) is 45.3 Å². The lowest BCUT2D eigenvalue weighted by Gasteiger charge is -2.19. The molecule has 0 amide bonds. The second-order valence-corrected chi connectivity index (χ2v) is 5.66. The largest absolute Gasteiger partial charge is 0.496 e. The van der Waals surface area contributed by atoms with Gasteiger partial charge in [0.2, 0.25) is 0 Å². The van der Waals surface area contributed by atoms with Gasteiger partial charge in [0.15, 0.2) is 0 Å². The van der Waals surface area contributed by atoms with Crippen LogP contribution in [0, 0.1) is 0 Å². The van der Waals surface area contributed by atoms with Crippen LogP contribution in [0.1, 0.15) is 12.0 Å². The predicted octanol–water partition coefficient (Wildman–Crippen LogP) is 2.26. The third-order valence-electron chi connectivity index (χ3n) is 3.63. The molecule has 1 fully saturated rings. The third-order valence-corrected chi connectivity index (χ3v) is 4.25. The summed E-state index contributed by atoms with van der Waals surface area (Å²) < 4.78 is 11.7. The average Bonchev–Trinajstić information content (AvgIpc) is 2.88. The van der Waals surface area contributed by atoms with Crippen molar-refractivity contribution in [1.29, 1.82) is 0 Å². The predicted molar refractivity (Wildman–Crippen MR) is 80.0 cm³/mol. The molecule has 1 aliphatic rings. The van der Waals surface area contributed by atoms with Crippen molar-refractivity contribution in [3.05, 3.63) is 22.2 Å². The van der Waals surface area contributed by atoms with Crippen LogP contribution >= 0.6 is 15.9 Å². The van der Waals surface area contributed by atoms with Gasteiger partial charge < -0.3 is 14.8 Å². The molecular weight excluding hydrogens is 308 g/mol. The van der Waals surface area contributed by atoms with Crippen LogP contribution in [0.25, 0.3) is 0 Å². The molecule has 0 bridgehead atoms. The van der Waals surface area contributed by atoms with E-state index in [1.54, 1.807) is 14.2 Å². The number of halogens is 1. The van der Waals surface area contributed by atoms with E-state index in [1.807, 2.05) is 13.1 Å². The van der Waals surface area contributed by atoms with Crippen LogP contribution in [0.3, 0.4) is 0 Å². The normalized spacial score (nSPS) is 19.7. The van der Waals surface area contributed by atoms with Crippen molar-refractivity contribution in [2.45, 2.75) is 19.0 Å². The summed E-state index contributed by atoms with van der Waals surface area (Å²) in [6.07, 6.45) is 1.20. The molecule has 1 heterocycles. The minimum Gasteiger partial charge on any atom is -0.496 e.